The van der Waals surface area contributed by atoms with E-state index in [1.165, 1.54) is 0 Å². The molecule has 1 N–H and O–H groups in total. The van der Waals surface area contributed by atoms with Gasteiger partial charge in [-0.15, -0.1) is 0 Å². The third-order valence-electron chi connectivity index (χ3n) is 1.58. The fourth-order valence-electron chi connectivity index (χ4n) is 1.06. The van der Waals surface area contributed by atoms with Crippen LogP contribution in [0.3, 0.4) is 0 Å². The Balaban J connectivity index is 0.000000720. The van der Waals surface area contributed by atoms with Gasteiger partial charge < -0.3 is 5.11 Å². The molecule has 2 rings (SSSR count). The van der Waals surface area contributed by atoms with E-state index in [1.807, 2.05) is 30.3 Å². The van der Waals surface area contributed by atoms with Crippen LogP contribution in [0.5, 0.6) is 5.88 Å². The van der Waals surface area contributed by atoms with Crippen LogP contribution >= 0.6 is 0 Å². The first kappa shape index (κ1) is 10.1. The Labute approximate surface area is 113 Å². The molecule has 0 saturated carbocycles. The Kier molecular flexibility index (Phi) is 3.67. The van der Waals surface area contributed by atoms with Crippen LogP contribution in [0.2, 0.25) is 0 Å². The second kappa shape index (κ2) is 4.34. The zero-order chi connectivity index (χ0) is 7.68. The first-order valence-electron chi connectivity index (χ1n) is 3.41. The van der Waals surface area contributed by atoms with Gasteiger partial charge in [-0.05, 0) is 12.1 Å². The van der Waals surface area contributed by atoms with Crippen molar-refractivity contribution in [1.82, 2.24) is 4.98 Å². The van der Waals surface area contributed by atoms with Crippen molar-refractivity contribution in [3.8, 4) is 5.88 Å². The fraction of sp³-hybridized carbons (Fsp3) is 0. The van der Waals surface area contributed by atoms with Gasteiger partial charge in [0.1, 0.15) is 0 Å². The molecule has 0 aliphatic carbocycles. The predicted molar refractivity (Wildman–Crippen MR) is 50.6 cm³/mol. The van der Waals surface area contributed by atoms with Gasteiger partial charge in [0.15, 0.2) is 0 Å². The Morgan fingerprint density at radius 3 is 2.58 bits per heavy atom. The molecule has 1 aromatic heterocycles. The van der Waals surface area contributed by atoms with E-state index in [4.69, 9.17) is 5.11 Å². The molecule has 0 radical (unpaired) electrons. The summed E-state index contributed by atoms with van der Waals surface area (Å²) in [5.41, 5.74) is 0.826. The number of pyridine rings is 1. The third kappa shape index (κ3) is 2.05. The molecule has 2 nitrogen and oxygen atoms in total. The predicted octanol–water partition coefficient (Wildman–Crippen LogP) is 1.29. The van der Waals surface area contributed by atoms with E-state index in [9.17, 15) is 0 Å². The first-order chi connectivity index (χ1) is 5.36. The molecule has 0 amide bonds. The minimum absolute atomic E-state index is 0. The molecular formula is C9H8KNO. The molecule has 0 bridgehead atoms. The Hall–Kier alpha value is 0.0664. The van der Waals surface area contributed by atoms with E-state index in [-0.39, 0.29) is 57.3 Å². The summed E-state index contributed by atoms with van der Waals surface area (Å²) in [5.74, 6) is 0.0729. The van der Waals surface area contributed by atoms with Crippen molar-refractivity contribution in [2.45, 2.75) is 0 Å². The van der Waals surface area contributed by atoms with Crippen LogP contribution < -0.4 is 0 Å². The van der Waals surface area contributed by atoms with Gasteiger partial charge >= 0.3 is 51.4 Å². The fourth-order valence-corrected chi connectivity index (χ4v) is 1.06. The second-order valence-corrected chi connectivity index (χ2v) is 2.36. The van der Waals surface area contributed by atoms with Crippen molar-refractivity contribution in [1.29, 1.82) is 0 Å². The Bertz CT molecular complexity index is 389. The topological polar surface area (TPSA) is 33.1 Å². The van der Waals surface area contributed by atoms with Gasteiger partial charge in [-0.3, -0.25) is 0 Å². The molecule has 2 aromatic rings. The number of aromatic nitrogens is 1. The molecule has 0 aliphatic rings. The molecule has 12 heavy (non-hydrogen) atoms. The molecule has 1 heterocycles. The van der Waals surface area contributed by atoms with E-state index in [1.54, 1.807) is 6.07 Å². The van der Waals surface area contributed by atoms with Gasteiger partial charge in [0.2, 0.25) is 5.88 Å². The number of rotatable bonds is 0. The summed E-state index contributed by atoms with van der Waals surface area (Å²) in [5, 5.41) is 10.1. The molecule has 0 saturated heterocycles. The average Bonchev–Trinajstić information content (AvgIpc) is 2.04. The summed E-state index contributed by atoms with van der Waals surface area (Å²) in [6, 6.07) is 11.1. The summed E-state index contributed by atoms with van der Waals surface area (Å²) in [7, 11) is 0. The molecule has 56 valence electrons. The quantitative estimate of drug-likeness (QED) is 0.627. The van der Waals surface area contributed by atoms with Crippen LogP contribution in [0, 0.1) is 0 Å². The van der Waals surface area contributed by atoms with Gasteiger partial charge in [-0.25, -0.2) is 4.98 Å². The van der Waals surface area contributed by atoms with Crippen LogP contribution in [0.25, 0.3) is 10.9 Å². The van der Waals surface area contributed by atoms with Crippen LogP contribution in [-0.2, 0) is 0 Å². The number of hydrogen-bond acceptors (Lipinski definition) is 2. The number of para-hydroxylation sites is 1. The SMILES string of the molecule is Oc1ccc2ccccc2n1.[KH]. The summed E-state index contributed by atoms with van der Waals surface area (Å²) >= 11 is 0. The van der Waals surface area contributed by atoms with Crippen LogP contribution in [0.4, 0.5) is 0 Å². The Morgan fingerprint density at radius 2 is 1.75 bits per heavy atom. The summed E-state index contributed by atoms with van der Waals surface area (Å²) in [6.45, 7) is 0. The monoisotopic (exact) mass is 185 g/mol. The van der Waals surface area contributed by atoms with E-state index < -0.39 is 0 Å². The van der Waals surface area contributed by atoms with Gasteiger partial charge in [0.05, 0.1) is 5.52 Å². The molecule has 3 heteroatoms. The van der Waals surface area contributed by atoms with E-state index in [2.05, 4.69) is 4.98 Å². The van der Waals surface area contributed by atoms with Crippen molar-refractivity contribution in [3.63, 3.8) is 0 Å². The zero-order valence-corrected chi connectivity index (χ0v) is 5.86. The standard InChI is InChI=1S/C9H7NO.K.H/c11-9-6-5-7-3-1-2-4-8(7)10-9;;/h1-6H,(H,10,11);;. The number of aromatic hydroxyl groups is 1. The number of fused-ring (bicyclic) bond motifs is 1. The molecule has 1 aromatic carbocycles. The molecule has 0 aliphatic heterocycles. The second-order valence-electron chi connectivity index (χ2n) is 2.36. The summed E-state index contributed by atoms with van der Waals surface area (Å²) < 4.78 is 0. The molecular weight excluding hydrogens is 177 g/mol. The van der Waals surface area contributed by atoms with Gasteiger partial charge in [-0.1, -0.05) is 18.2 Å². The zero-order valence-electron chi connectivity index (χ0n) is 5.86. The van der Waals surface area contributed by atoms with Gasteiger partial charge in [0, 0.05) is 11.5 Å². The van der Waals surface area contributed by atoms with Crippen molar-refractivity contribution in [2.75, 3.05) is 0 Å². The van der Waals surface area contributed by atoms with Crippen LogP contribution in [-0.4, -0.2) is 61.5 Å². The van der Waals surface area contributed by atoms with E-state index >= 15 is 0 Å². The average molecular weight is 185 g/mol. The first-order valence-corrected chi connectivity index (χ1v) is 3.41. The van der Waals surface area contributed by atoms with Crippen LogP contribution in [0.1, 0.15) is 0 Å². The maximum atomic E-state index is 9.02. The summed E-state index contributed by atoms with van der Waals surface area (Å²) in [4.78, 5) is 3.93. The van der Waals surface area contributed by atoms with E-state index in [0.717, 1.165) is 10.9 Å². The van der Waals surface area contributed by atoms with Gasteiger partial charge in [-0.2, -0.15) is 0 Å². The number of hydrogen-bond donors (Lipinski definition) is 1. The van der Waals surface area contributed by atoms with Crippen LogP contribution in [0.15, 0.2) is 36.4 Å². The van der Waals surface area contributed by atoms with Crippen molar-refractivity contribution < 1.29 is 5.11 Å². The minimum atomic E-state index is 0. The molecule has 0 spiro atoms. The molecule has 0 fully saturated rings. The maximum absolute atomic E-state index is 9.02. The van der Waals surface area contributed by atoms with E-state index in [0.29, 0.717) is 0 Å². The van der Waals surface area contributed by atoms with Crippen molar-refractivity contribution in [3.05, 3.63) is 36.4 Å². The van der Waals surface area contributed by atoms with Crippen molar-refractivity contribution >= 4 is 62.3 Å². The molecule has 0 unspecified atom stereocenters. The Morgan fingerprint density at radius 1 is 1.00 bits per heavy atom. The van der Waals surface area contributed by atoms with Crippen molar-refractivity contribution in [2.24, 2.45) is 0 Å². The normalized spacial score (nSPS) is 9.33. The number of benzene rings is 1. The van der Waals surface area contributed by atoms with Gasteiger partial charge in [0.25, 0.3) is 0 Å². The third-order valence-corrected chi connectivity index (χ3v) is 1.58. The summed E-state index contributed by atoms with van der Waals surface area (Å²) in [6.07, 6.45) is 0. The number of nitrogens with zero attached hydrogens (tertiary/aromatic N) is 1. The molecule has 0 atom stereocenters.